The number of amides is 1. The Labute approximate surface area is 182 Å². The van der Waals surface area contributed by atoms with E-state index in [2.05, 4.69) is 15.4 Å². The van der Waals surface area contributed by atoms with E-state index in [0.717, 1.165) is 0 Å². The number of nitrogens with zero attached hydrogens (tertiary/aromatic N) is 4. The summed E-state index contributed by atoms with van der Waals surface area (Å²) in [7, 11) is 0. The van der Waals surface area contributed by atoms with Gasteiger partial charge in [-0.2, -0.15) is 10.4 Å². The Morgan fingerprint density at radius 3 is 2.87 bits per heavy atom. The lowest BCUT2D eigenvalue weighted by Gasteiger charge is -2.13. The molecular formula is C20H18Cl2FN5O2. The van der Waals surface area contributed by atoms with Gasteiger partial charge >= 0.3 is 0 Å². The smallest absolute Gasteiger partial charge is 0.273 e. The normalized spacial score (nSPS) is 12.9. The van der Waals surface area contributed by atoms with Crippen molar-refractivity contribution in [2.75, 3.05) is 5.88 Å². The molecule has 0 aliphatic carbocycles. The topological polar surface area (TPSA) is 96.7 Å². The van der Waals surface area contributed by atoms with Gasteiger partial charge in [0.15, 0.2) is 11.6 Å². The Bertz CT molecular complexity index is 1080. The third-order valence-electron chi connectivity index (χ3n) is 4.34. The molecule has 1 aromatic carbocycles. The van der Waals surface area contributed by atoms with Gasteiger partial charge in [-0.25, -0.2) is 9.37 Å². The average Bonchev–Trinajstić information content (AvgIpc) is 3.37. The van der Waals surface area contributed by atoms with E-state index in [1.54, 1.807) is 23.0 Å². The molecule has 0 radical (unpaired) electrons. The van der Waals surface area contributed by atoms with Gasteiger partial charge in [0.25, 0.3) is 5.91 Å². The van der Waals surface area contributed by atoms with Crippen LogP contribution in [0.15, 0.2) is 35.1 Å². The number of halogens is 3. The third kappa shape index (κ3) is 4.81. The summed E-state index contributed by atoms with van der Waals surface area (Å²) in [6.45, 7) is 4.05. The number of hydrogen-bond acceptors (Lipinski definition) is 5. The van der Waals surface area contributed by atoms with Gasteiger partial charge in [-0.15, -0.1) is 11.6 Å². The minimum absolute atomic E-state index is 0.0261. The van der Waals surface area contributed by atoms with E-state index in [1.165, 1.54) is 18.4 Å². The van der Waals surface area contributed by atoms with Crippen molar-refractivity contribution in [3.05, 3.63) is 58.6 Å². The molecule has 156 valence electrons. The van der Waals surface area contributed by atoms with Crippen molar-refractivity contribution in [1.82, 2.24) is 20.1 Å². The van der Waals surface area contributed by atoms with Gasteiger partial charge in [0.1, 0.15) is 23.7 Å². The Kier molecular flexibility index (Phi) is 6.75. The second-order valence-electron chi connectivity index (χ2n) is 6.85. The molecule has 0 bridgehead atoms. The van der Waals surface area contributed by atoms with E-state index in [9.17, 15) is 9.18 Å². The number of alkyl halides is 1. The van der Waals surface area contributed by atoms with E-state index >= 15 is 0 Å². The monoisotopic (exact) mass is 449 g/mol. The fourth-order valence-electron chi connectivity index (χ4n) is 2.75. The quantitative estimate of drug-likeness (QED) is 0.540. The van der Waals surface area contributed by atoms with E-state index in [0.29, 0.717) is 29.6 Å². The number of oxazole rings is 1. The maximum Gasteiger partial charge on any atom is 0.273 e. The predicted molar refractivity (Wildman–Crippen MR) is 110 cm³/mol. The van der Waals surface area contributed by atoms with Gasteiger partial charge in [-0.3, -0.25) is 9.48 Å². The largest absolute Gasteiger partial charge is 0.448 e. The van der Waals surface area contributed by atoms with Crippen LogP contribution in [0.1, 0.15) is 41.7 Å². The summed E-state index contributed by atoms with van der Waals surface area (Å²) < 4.78 is 20.9. The van der Waals surface area contributed by atoms with Crippen molar-refractivity contribution in [2.24, 2.45) is 0 Å². The molecule has 0 saturated heterocycles. The van der Waals surface area contributed by atoms with Crippen LogP contribution in [0.2, 0.25) is 5.02 Å². The molecule has 10 heteroatoms. The van der Waals surface area contributed by atoms with Crippen molar-refractivity contribution in [1.29, 1.82) is 5.26 Å². The Morgan fingerprint density at radius 1 is 1.43 bits per heavy atom. The molecule has 7 nitrogen and oxygen atoms in total. The number of aromatic nitrogens is 3. The fraction of sp³-hybridized carbons (Fsp3) is 0.300. The maximum absolute atomic E-state index is 14.0. The third-order valence-corrected chi connectivity index (χ3v) is 5.10. The summed E-state index contributed by atoms with van der Waals surface area (Å²) >= 11 is 11.7. The number of nitriles is 1. The molecule has 2 atom stereocenters. The van der Waals surface area contributed by atoms with Gasteiger partial charge in [-0.1, -0.05) is 18.5 Å². The minimum atomic E-state index is -0.703. The molecule has 0 aliphatic rings. The van der Waals surface area contributed by atoms with Gasteiger partial charge in [0.05, 0.1) is 17.3 Å². The first kappa shape index (κ1) is 21.8. The van der Waals surface area contributed by atoms with Crippen LogP contribution in [0.25, 0.3) is 11.3 Å². The molecule has 3 rings (SSSR count). The van der Waals surface area contributed by atoms with Crippen LogP contribution in [-0.2, 0) is 6.54 Å². The average molecular weight is 450 g/mol. The van der Waals surface area contributed by atoms with Crippen LogP contribution in [-0.4, -0.2) is 32.6 Å². The SMILES string of the molecule is CC(Cn1ccc(-c2cc(F)c(C#N)c(Cl)c2)n1)NC(=O)c1coc([C@H](C)CCl)n1. The number of hydrogen-bond donors (Lipinski definition) is 1. The lowest BCUT2D eigenvalue weighted by Crippen LogP contribution is -2.36. The van der Waals surface area contributed by atoms with Crippen LogP contribution in [0, 0.1) is 17.1 Å². The lowest BCUT2D eigenvalue weighted by atomic mass is 10.1. The van der Waals surface area contributed by atoms with Crippen molar-refractivity contribution in [2.45, 2.75) is 32.4 Å². The standard InChI is InChI=1S/C20H18Cl2FN5O2/c1-11(7-21)20-26-18(10-30-20)19(29)25-12(2)9-28-4-3-17(27-28)13-5-15(22)14(8-24)16(23)6-13/h3-6,10-12H,7,9H2,1-2H3,(H,25,29)/t11-,12?/m1/s1. The number of carbonyl (C=O) groups excluding carboxylic acids is 1. The zero-order chi connectivity index (χ0) is 21.8. The Hall–Kier alpha value is -2.89. The molecule has 2 aromatic heterocycles. The van der Waals surface area contributed by atoms with E-state index < -0.39 is 5.82 Å². The van der Waals surface area contributed by atoms with Gasteiger partial charge in [0, 0.05) is 29.6 Å². The number of nitrogens with one attached hydrogen (secondary N) is 1. The van der Waals surface area contributed by atoms with Gasteiger partial charge < -0.3 is 9.73 Å². The van der Waals surface area contributed by atoms with Crippen LogP contribution >= 0.6 is 23.2 Å². The molecule has 0 saturated carbocycles. The first-order valence-corrected chi connectivity index (χ1v) is 9.98. The Morgan fingerprint density at radius 2 is 2.20 bits per heavy atom. The van der Waals surface area contributed by atoms with Crippen molar-refractivity contribution < 1.29 is 13.6 Å². The Balaban J connectivity index is 1.65. The van der Waals surface area contributed by atoms with Gasteiger partial charge in [-0.05, 0) is 25.1 Å². The van der Waals surface area contributed by atoms with Crippen LogP contribution in [0.5, 0.6) is 0 Å². The first-order valence-electron chi connectivity index (χ1n) is 9.07. The molecule has 2 heterocycles. The van der Waals surface area contributed by atoms with Crippen LogP contribution in [0.4, 0.5) is 4.39 Å². The van der Waals surface area contributed by atoms with Crippen LogP contribution in [0.3, 0.4) is 0 Å². The van der Waals surface area contributed by atoms with E-state index in [-0.39, 0.29) is 34.1 Å². The molecule has 1 N–H and O–H groups in total. The summed E-state index contributed by atoms with van der Waals surface area (Å²) in [5.41, 5.74) is 0.927. The summed E-state index contributed by atoms with van der Waals surface area (Å²) in [4.78, 5) is 16.5. The second-order valence-corrected chi connectivity index (χ2v) is 7.57. The zero-order valence-corrected chi connectivity index (χ0v) is 17.7. The predicted octanol–water partition coefficient (Wildman–Crippen LogP) is 4.36. The number of benzene rings is 1. The van der Waals surface area contributed by atoms with E-state index in [4.69, 9.17) is 32.9 Å². The zero-order valence-electron chi connectivity index (χ0n) is 16.2. The summed E-state index contributed by atoms with van der Waals surface area (Å²) in [6, 6.07) is 5.86. The van der Waals surface area contributed by atoms with Crippen LogP contribution < -0.4 is 5.32 Å². The highest BCUT2D eigenvalue weighted by atomic mass is 35.5. The lowest BCUT2D eigenvalue weighted by molar-refractivity contribution is 0.0931. The number of carbonyl (C=O) groups is 1. The minimum Gasteiger partial charge on any atom is -0.448 e. The maximum atomic E-state index is 14.0. The highest BCUT2D eigenvalue weighted by Gasteiger charge is 2.18. The first-order chi connectivity index (χ1) is 14.3. The van der Waals surface area contributed by atoms with Crippen molar-refractivity contribution in [3.8, 4) is 17.3 Å². The molecule has 0 fully saturated rings. The molecule has 0 spiro atoms. The highest BCUT2D eigenvalue weighted by Crippen LogP contribution is 2.26. The summed E-state index contributed by atoms with van der Waals surface area (Å²) in [5, 5.41) is 16.2. The fourth-order valence-corrected chi connectivity index (χ4v) is 3.14. The second kappa shape index (κ2) is 9.28. The van der Waals surface area contributed by atoms with Gasteiger partial charge in [0.2, 0.25) is 0 Å². The molecular weight excluding hydrogens is 432 g/mol. The summed E-state index contributed by atoms with van der Waals surface area (Å²) in [6.07, 6.45) is 3.01. The van der Waals surface area contributed by atoms with Crippen molar-refractivity contribution in [3.63, 3.8) is 0 Å². The highest BCUT2D eigenvalue weighted by molar-refractivity contribution is 6.32. The summed E-state index contributed by atoms with van der Waals surface area (Å²) in [5.74, 6) is -0.409. The molecule has 1 unspecified atom stereocenters. The molecule has 1 amide bonds. The van der Waals surface area contributed by atoms with Crippen molar-refractivity contribution >= 4 is 29.1 Å². The molecule has 30 heavy (non-hydrogen) atoms. The van der Waals surface area contributed by atoms with E-state index in [1.807, 2.05) is 13.8 Å². The number of rotatable bonds is 7. The molecule has 0 aliphatic heterocycles. The molecule has 3 aromatic rings.